The fraction of sp³-hybridized carbons (Fsp3) is 0.128. The Morgan fingerprint density at radius 3 is 2.14 bits per heavy atom. The molecule has 1 heterocycles. The van der Waals surface area contributed by atoms with Gasteiger partial charge in [-0.05, 0) is 74.9 Å². The van der Waals surface area contributed by atoms with Crippen molar-refractivity contribution < 1.29 is 33.3 Å². The second kappa shape index (κ2) is 15.6. The van der Waals surface area contributed by atoms with Gasteiger partial charge in [0.15, 0.2) is 5.78 Å². The molecule has 3 N–H and O–H groups in total. The van der Waals surface area contributed by atoms with Crippen LogP contribution in [0.25, 0.3) is 17.4 Å². The first-order chi connectivity index (χ1) is 24.4. The van der Waals surface area contributed by atoms with E-state index < -0.39 is 40.3 Å². The fourth-order valence-corrected chi connectivity index (χ4v) is 4.93. The minimum Gasteiger partial charge on any atom is -0.457 e. The number of hydrogen-bond acceptors (Lipinski definition) is 8. The number of ether oxygens (including phenoxy) is 1. The van der Waals surface area contributed by atoms with Gasteiger partial charge in [0.1, 0.15) is 23.2 Å². The zero-order valence-corrected chi connectivity index (χ0v) is 27.9. The number of carbonyl (C=O) groups excluding carboxylic acids is 4. The van der Waals surface area contributed by atoms with Crippen LogP contribution in [0.15, 0.2) is 126 Å². The molecule has 12 nitrogen and oxygen atoms in total. The number of non-ortho nitro benzene ring substituents is 1. The highest BCUT2D eigenvalue weighted by atomic mass is 16.6. The second-order valence-electron chi connectivity index (χ2n) is 12.3. The monoisotopic (exact) mass is 686 g/mol. The number of nitrogens with one attached hydrogen (secondary N) is 3. The van der Waals surface area contributed by atoms with E-state index in [0.717, 1.165) is 0 Å². The van der Waals surface area contributed by atoms with Gasteiger partial charge < -0.3 is 25.1 Å². The lowest BCUT2D eigenvalue weighted by Gasteiger charge is -2.24. The van der Waals surface area contributed by atoms with Crippen LogP contribution in [-0.4, -0.2) is 34.2 Å². The Morgan fingerprint density at radius 1 is 0.824 bits per heavy atom. The average Bonchev–Trinajstić information content (AvgIpc) is 3.59. The molecular weight excluding hydrogens is 652 g/mol. The number of alkyl carbamates (subject to hydrolysis) is 1. The summed E-state index contributed by atoms with van der Waals surface area (Å²) in [6.45, 7) is 5.12. The number of benzene rings is 4. The zero-order chi connectivity index (χ0) is 36.5. The Morgan fingerprint density at radius 2 is 1.49 bits per heavy atom. The van der Waals surface area contributed by atoms with Crippen molar-refractivity contribution in [2.45, 2.75) is 32.4 Å². The van der Waals surface area contributed by atoms with Crippen molar-refractivity contribution in [3.63, 3.8) is 0 Å². The van der Waals surface area contributed by atoms with Crippen molar-refractivity contribution in [3.05, 3.63) is 154 Å². The number of carbonyl (C=O) groups is 4. The Bertz CT molecular complexity index is 2080. The van der Waals surface area contributed by atoms with E-state index in [4.69, 9.17) is 9.15 Å². The fourth-order valence-electron chi connectivity index (χ4n) is 4.93. The molecule has 1 atom stereocenters. The molecule has 0 aliphatic carbocycles. The average molecular weight is 687 g/mol. The maximum Gasteiger partial charge on any atom is 0.408 e. The molecule has 3 amide bonds. The van der Waals surface area contributed by atoms with E-state index in [2.05, 4.69) is 16.0 Å². The SMILES string of the molecule is CC(C)(C)OC(=O)N[C@@H](C(=O)Nc1ccc(NC(=O)/C=C/c2ccc(-c3ccc([N+](=O)[O-])cc3)o2)cc1C(=O)c1ccccc1)c1ccccc1. The van der Waals surface area contributed by atoms with Gasteiger partial charge >= 0.3 is 6.09 Å². The van der Waals surface area contributed by atoms with Crippen LogP contribution in [0.5, 0.6) is 0 Å². The molecule has 0 radical (unpaired) electrons. The van der Waals surface area contributed by atoms with E-state index in [-0.39, 0.29) is 22.6 Å². The molecule has 0 unspecified atom stereocenters. The summed E-state index contributed by atoms with van der Waals surface area (Å²) < 4.78 is 11.2. The molecule has 258 valence electrons. The second-order valence-corrected chi connectivity index (χ2v) is 12.3. The molecular formula is C39H34N4O8. The number of nitrogens with zero attached hydrogens (tertiary/aromatic N) is 1. The predicted octanol–water partition coefficient (Wildman–Crippen LogP) is 7.94. The maximum absolute atomic E-state index is 13.7. The number of ketones is 1. The Hall–Kier alpha value is -6.82. The van der Waals surface area contributed by atoms with Crippen molar-refractivity contribution in [1.82, 2.24) is 5.32 Å². The van der Waals surface area contributed by atoms with Gasteiger partial charge in [-0.3, -0.25) is 24.5 Å². The van der Waals surface area contributed by atoms with Gasteiger partial charge in [-0.15, -0.1) is 0 Å². The van der Waals surface area contributed by atoms with Gasteiger partial charge in [0.25, 0.3) is 11.6 Å². The summed E-state index contributed by atoms with van der Waals surface area (Å²) in [5.41, 5.74) is 1.15. The van der Waals surface area contributed by atoms with E-state index in [9.17, 15) is 29.3 Å². The van der Waals surface area contributed by atoms with Crippen molar-refractivity contribution in [2.24, 2.45) is 0 Å². The standard InChI is InChI=1S/C39H34N4O8/c1-39(2,3)51-38(47)42-35(26-10-6-4-7-11-26)37(46)41-32-21-16-28(24-31(32)36(45)27-12-8-5-9-13-27)40-34(44)23-20-30-19-22-33(50-30)25-14-17-29(18-15-25)43(48)49/h4-24,35H,1-3H3,(H,40,44)(H,41,46)(H,42,47)/b23-20+/t35-/m1/s1. The third-order valence-corrected chi connectivity index (χ3v) is 7.27. The Balaban J connectivity index is 1.36. The first-order valence-corrected chi connectivity index (χ1v) is 15.8. The number of hydrogen-bond donors (Lipinski definition) is 3. The van der Waals surface area contributed by atoms with Crippen LogP contribution >= 0.6 is 0 Å². The van der Waals surface area contributed by atoms with Crippen molar-refractivity contribution in [2.75, 3.05) is 10.6 Å². The molecule has 12 heteroatoms. The van der Waals surface area contributed by atoms with Crippen LogP contribution in [0.4, 0.5) is 21.9 Å². The van der Waals surface area contributed by atoms with Crippen molar-refractivity contribution in [3.8, 4) is 11.3 Å². The van der Waals surface area contributed by atoms with Gasteiger partial charge in [-0.2, -0.15) is 0 Å². The van der Waals surface area contributed by atoms with E-state index >= 15 is 0 Å². The number of anilines is 2. The number of furan rings is 1. The van der Waals surface area contributed by atoms with Gasteiger partial charge in [0.2, 0.25) is 5.91 Å². The minimum absolute atomic E-state index is 0.0438. The maximum atomic E-state index is 13.7. The predicted molar refractivity (Wildman–Crippen MR) is 192 cm³/mol. The number of nitro groups is 1. The normalized spacial score (nSPS) is 11.7. The summed E-state index contributed by atoms with van der Waals surface area (Å²) in [4.78, 5) is 63.5. The molecule has 5 rings (SSSR count). The highest BCUT2D eigenvalue weighted by molar-refractivity contribution is 6.15. The minimum atomic E-state index is -1.16. The lowest BCUT2D eigenvalue weighted by molar-refractivity contribution is -0.384. The summed E-state index contributed by atoms with van der Waals surface area (Å²) in [6, 6.07) is 29.6. The molecule has 0 bridgehead atoms. The summed E-state index contributed by atoms with van der Waals surface area (Å²) in [5.74, 6) is -0.737. The molecule has 0 saturated carbocycles. The van der Waals surface area contributed by atoms with Crippen LogP contribution in [0.3, 0.4) is 0 Å². The summed E-state index contributed by atoms with van der Waals surface area (Å²) in [6.07, 6.45) is 1.91. The highest BCUT2D eigenvalue weighted by Gasteiger charge is 2.27. The van der Waals surface area contributed by atoms with E-state index in [1.807, 2.05) is 0 Å². The number of nitro benzene ring substituents is 1. The van der Waals surface area contributed by atoms with Crippen LogP contribution in [0.1, 0.15) is 54.1 Å². The van der Waals surface area contributed by atoms with E-state index in [1.165, 1.54) is 42.5 Å². The first kappa shape index (κ1) is 35.5. The van der Waals surface area contributed by atoms with Crippen LogP contribution in [0.2, 0.25) is 0 Å². The van der Waals surface area contributed by atoms with E-state index in [1.54, 1.807) is 106 Å². The van der Waals surface area contributed by atoms with Gasteiger partial charge in [0.05, 0.1) is 10.6 Å². The molecule has 0 saturated heterocycles. The number of rotatable bonds is 11. The third-order valence-electron chi connectivity index (χ3n) is 7.27. The molecule has 0 fully saturated rings. The highest BCUT2D eigenvalue weighted by Crippen LogP contribution is 2.27. The van der Waals surface area contributed by atoms with E-state index in [0.29, 0.717) is 28.2 Å². The molecule has 4 aromatic carbocycles. The smallest absolute Gasteiger partial charge is 0.408 e. The lowest BCUT2D eigenvalue weighted by Crippen LogP contribution is -2.40. The largest absolute Gasteiger partial charge is 0.457 e. The lowest BCUT2D eigenvalue weighted by atomic mass is 10.00. The van der Waals surface area contributed by atoms with Crippen molar-refractivity contribution >= 4 is 46.8 Å². The van der Waals surface area contributed by atoms with Gasteiger partial charge in [-0.1, -0.05) is 60.7 Å². The van der Waals surface area contributed by atoms with Gasteiger partial charge in [0, 0.05) is 40.6 Å². The topological polar surface area (TPSA) is 170 Å². The van der Waals surface area contributed by atoms with Gasteiger partial charge in [-0.25, -0.2) is 4.79 Å². The summed E-state index contributed by atoms with van der Waals surface area (Å²) in [7, 11) is 0. The molecule has 1 aromatic heterocycles. The Labute approximate surface area is 293 Å². The molecule has 5 aromatic rings. The third kappa shape index (κ3) is 9.63. The van der Waals surface area contributed by atoms with Crippen LogP contribution in [0, 0.1) is 10.1 Å². The van der Waals surface area contributed by atoms with Crippen LogP contribution in [-0.2, 0) is 14.3 Å². The summed E-state index contributed by atoms with van der Waals surface area (Å²) in [5, 5.41) is 19.1. The van der Waals surface area contributed by atoms with Crippen LogP contribution < -0.4 is 16.0 Å². The number of amides is 3. The Kier molecular flexibility index (Phi) is 10.9. The quantitative estimate of drug-likeness (QED) is 0.0544. The first-order valence-electron chi connectivity index (χ1n) is 15.8. The van der Waals surface area contributed by atoms with Crippen molar-refractivity contribution in [1.29, 1.82) is 0 Å². The molecule has 51 heavy (non-hydrogen) atoms. The zero-order valence-electron chi connectivity index (χ0n) is 27.9. The molecule has 0 aliphatic rings. The molecule has 0 aliphatic heterocycles. The molecule has 0 spiro atoms. The summed E-state index contributed by atoms with van der Waals surface area (Å²) >= 11 is 0.